The number of carbonyl (C=O) groups is 2. The number of esters is 1. The molecule has 2 aromatic rings. The van der Waals surface area contributed by atoms with Crippen molar-refractivity contribution >= 4 is 34.9 Å². The Kier molecular flexibility index (Phi) is 5.18. The van der Waals surface area contributed by atoms with Crippen molar-refractivity contribution < 1.29 is 19.2 Å². The Labute approximate surface area is 154 Å². The Balaban J connectivity index is 1.71. The van der Waals surface area contributed by atoms with Crippen molar-refractivity contribution in [3.05, 3.63) is 68.7 Å². The fourth-order valence-electron chi connectivity index (χ4n) is 2.90. The number of aryl methyl sites for hydroxylation is 1. The lowest BCUT2D eigenvalue weighted by Gasteiger charge is -2.29. The number of halogens is 1. The number of benzene rings is 2. The van der Waals surface area contributed by atoms with E-state index in [1.165, 1.54) is 12.1 Å². The molecule has 0 aromatic heterocycles. The van der Waals surface area contributed by atoms with Gasteiger partial charge in [0, 0.05) is 23.3 Å². The fraction of sp³-hybridized carbons (Fsp3) is 0.222. The normalized spacial score (nSPS) is 13.0. The molecule has 1 amide bonds. The highest BCUT2D eigenvalue weighted by atomic mass is 35.5. The van der Waals surface area contributed by atoms with E-state index < -0.39 is 23.2 Å². The summed E-state index contributed by atoms with van der Waals surface area (Å²) in [5.41, 5.74) is 1.16. The van der Waals surface area contributed by atoms with Gasteiger partial charge < -0.3 is 9.64 Å². The molecule has 3 rings (SSSR count). The summed E-state index contributed by atoms with van der Waals surface area (Å²) in [5.74, 6) is -1.31. The van der Waals surface area contributed by atoms with Gasteiger partial charge in [-0.2, -0.15) is 0 Å². The molecule has 0 fully saturated rings. The van der Waals surface area contributed by atoms with Crippen molar-refractivity contribution in [2.24, 2.45) is 0 Å². The van der Waals surface area contributed by atoms with E-state index in [1.807, 2.05) is 24.3 Å². The predicted molar refractivity (Wildman–Crippen MR) is 95.5 cm³/mol. The molecule has 0 saturated heterocycles. The minimum atomic E-state index is -0.938. The molecule has 0 saturated carbocycles. The number of ether oxygens (including phenoxy) is 1. The van der Waals surface area contributed by atoms with Crippen molar-refractivity contribution in [1.29, 1.82) is 0 Å². The Bertz CT molecular complexity index is 884. The van der Waals surface area contributed by atoms with E-state index in [0.717, 1.165) is 30.2 Å². The third-order valence-corrected chi connectivity index (χ3v) is 4.35. The number of hydrogen-bond donors (Lipinski definition) is 0. The molecule has 0 spiro atoms. The van der Waals surface area contributed by atoms with E-state index in [2.05, 4.69) is 0 Å². The summed E-state index contributed by atoms with van der Waals surface area (Å²) in [6.07, 6.45) is 1.70. The summed E-state index contributed by atoms with van der Waals surface area (Å²) in [5, 5.41) is 11.2. The highest BCUT2D eigenvalue weighted by Crippen LogP contribution is 2.27. The molecule has 0 radical (unpaired) electrons. The van der Waals surface area contributed by atoms with E-state index in [1.54, 1.807) is 4.90 Å². The average molecular weight is 375 g/mol. The maximum atomic E-state index is 12.5. The number of nitrogens with zero attached hydrogens (tertiary/aromatic N) is 2. The first-order valence-electron chi connectivity index (χ1n) is 7.96. The van der Waals surface area contributed by atoms with Crippen molar-refractivity contribution in [2.75, 3.05) is 18.1 Å². The molecule has 7 nitrogen and oxygen atoms in total. The van der Waals surface area contributed by atoms with Crippen molar-refractivity contribution in [1.82, 2.24) is 0 Å². The minimum absolute atomic E-state index is 0.134. The van der Waals surface area contributed by atoms with Crippen LogP contribution >= 0.6 is 11.6 Å². The molecule has 26 heavy (non-hydrogen) atoms. The Morgan fingerprint density at radius 3 is 2.77 bits per heavy atom. The summed E-state index contributed by atoms with van der Waals surface area (Å²) in [6.45, 7) is 0.0431. The highest BCUT2D eigenvalue weighted by Gasteiger charge is 2.26. The molecule has 0 N–H and O–H groups in total. The van der Waals surface area contributed by atoms with Crippen LogP contribution in [-0.2, 0) is 16.0 Å². The molecule has 0 unspecified atom stereocenters. The quantitative estimate of drug-likeness (QED) is 0.465. The molecule has 8 heteroatoms. The molecule has 1 aliphatic rings. The number of nitro benzene ring substituents is 1. The van der Waals surface area contributed by atoms with Gasteiger partial charge in [-0.05, 0) is 36.6 Å². The second kappa shape index (κ2) is 7.53. The second-order valence-corrected chi connectivity index (χ2v) is 6.21. The smallest absolute Gasteiger partial charge is 0.345 e. The molecular weight excluding hydrogens is 360 g/mol. The molecule has 0 atom stereocenters. The lowest BCUT2D eigenvalue weighted by molar-refractivity contribution is -0.385. The zero-order valence-corrected chi connectivity index (χ0v) is 14.4. The first-order chi connectivity index (χ1) is 12.5. The monoisotopic (exact) mass is 374 g/mol. The molecule has 1 heterocycles. The van der Waals surface area contributed by atoms with Gasteiger partial charge in [-0.1, -0.05) is 29.8 Å². The number of para-hydroxylation sites is 1. The summed E-state index contributed by atoms with van der Waals surface area (Å²) >= 11 is 5.73. The number of anilines is 1. The third-order valence-electron chi connectivity index (χ3n) is 4.11. The van der Waals surface area contributed by atoms with Gasteiger partial charge in [0.1, 0.15) is 5.56 Å². The third kappa shape index (κ3) is 3.67. The highest BCUT2D eigenvalue weighted by molar-refractivity contribution is 6.31. The second-order valence-electron chi connectivity index (χ2n) is 5.77. The van der Waals surface area contributed by atoms with Crippen LogP contribution in [0.25, 0.3) is 0 Å². The molecule has 2 aromatic carbocycles. The summed E-state index contributed by atoms with van der Waals surface area (Å²) in [7, 11) is 0. The van der Waals surface area contributed by atoms with Crippen LogP contribution in [-0.4, -0.2) is 30.0 Å². The van der Waals surface area contributed by atoms with Gasteiger partial charge in [0.15, 0.2) is 6.61 Å². The van der Waals surface area contributed by atoms with Crippen LogP contribution < -0.4 is 4.90 Å². The Morgan fingerprint density at radius 2 is 2.00 bits per heavy atom. The maximum absolute atomic E-state index is 12.5. The number of nitro groups is 1. The largest absolute Gasteiger partial charge is 0.452 e. The van der Waals surface area contributed by atoms with Crippen LogP contribution in [0.2, 0.25) is 5.02 Å². The van der Waals surface area contributed by atoms with E-state index in [9.17, 15) is 19.7 Å². The number of amides is 1. The van der Waals surface area contributed by atoms with Crippen LogP contribution in [0.15, 0.2) is 42.5 Å². The first-order valence-corrected chi connectivity index (χ1v) is 8.34. The van der Waals surface area contributed by atoms with E-state index >= 15 is 0 Å². The molecular formula is C18H15ClN2O5. The van der Waals surface area contributed by atoms with Crippen molar-refractivity contribution in [3.8, 4) is 0 Å². The van der Waals surface area contributed by atoms with Crippen molar-refractivity contribution in [2.45, 2.75) is 12.8 Å². The topological polar surface area (TPSA) is 89.8 Å². The fourth-order valence-corrected chi connectivity index (χ4v) is 3.07. The summed E-state index contributed by atoms with van der Waals surface area (Å²) in [6, 6.07) is 11.2. The van der Waals surface area contributed by atoms with Gasteiger partial charge in [0.25, 0.3) is 11.6 Å². The zero-order chi connectivity index (χ0) is 18.7. The van der Waals surface area contributed by atoms with Gasteiger partial charge in [-0.15, -0.1) is 0 Å². The van der Waals surface area contributed by atoms with Crippen molar-refractivity contribution in [3.63, 3.8) is 0 Å². The van der Waals surface area contributed by atoms with Crippen LogP contribution in [0.3, 0.4) is 0 Å². The van der Waals surface area contributed by atoms with E-state index in [4.69, 9.17) is 16.3 Å². The predicted octanol–water partition coefficient (Wildman–Crippen LogP) is 3.38. The lowest BCUT2D eigenvalue weighted by Crippen LogP contribution is -2.38. The van der Waals surface area contributed by atoms with Gasteiger partial charge in [0.05, 0.1) is 4.92 Å². The lowest BCUT2D eigenvalue weighted by atomic mass is 10.0. The molecule has 0 aliphatic carbocycles. The number of rotatable bonds is 4. The van der Waals surface area contributed by atoms with Crippen LogP contribution in [0.1, 0.15) is 22.3 Å². The van der Waals surface area contributed by atoms with E-state index in [-0.39, 0.29) is 16.5 Å². The van der Waals surface area contributed by atoms with Gasteiger partial charge in [0.2, 0.25) is 0 Å². The summed E-state index contributed by atoms with van der Waals surface area (Å²) < 4.78 is 5.01. The van der Waals surface area contributed by atoms with Gasteiger partial charge in [-0.25, -0.2) is 4.79 Å². The first kappa shape index (κ1) is 17.9. The maximum Gasteiger partial charge on any atom is 0.345 e. The molecule has 1 aliphatic heterocycles. The number of carbonyl (C=O) groups excluding carboxylic acids is 2. The standard InChI is InChI=1S/C18H15ClN2O5/c19-13-7-8-14(16(10-13)21(24)25)18(23)26-11-17(22)20-9-3-5-12-4-1-2-6-15(12)20/h1-2,4,6-8,10H,3,5,9,11H2. The zero-order valence-electron chi connectivity index (χ0n) is 13.7. The Hall–Kier alpha value is -2.93. The molecule has 0 bridgehead atoms. The van der Waals surface area contributed by atoms with Crippen LogP contribution in [0.4, 0.5) is 11.4 Å². The average Bonchev–Trinajstić information content (AvgIpc) is 2.65. The van der Waals surface area contributed by atoms with Crippen LogP contribution in [0, 0.1) is 10.1 Å². The van der Waals surface area contributed by atoms with E-state index in [0.29, 0.717) is 6.54 Å². The van der Waals surface area contributed by atoms with Gasteiger partial charge in [-0.3, -0.25) is 14.9 Å². The molecule has 134 valence electrons. The number of fused-ring (bicyclic) bond motifs is 1. The van der Waals surface area contributed by atoms with Crippen LogP contribution in [0.5, 0.6) is 0 Å². The van der Waals surface area contributed by atoms with Gasteiger partial charge >= 0.3 is 5.97 Å². The Morgan fingerprint density at radius 1 is 1.23 bits per heavy atom. The summed E-state index contributed by atoms with van der Waals surface area (Å²) in [4.78, 5) is 36.6. The SMILES string of the molecule is O=C(OCC(=O)N1CCCc2ccccc21)c1ccc(Cl)cc1[N+](=O)[O-]. The number of hydrogen-bond acceptors (Lipinski definition) is 5. The minimum Gasteiger partial charge on any atom is -0.452 e.